The Bertz CT molecular complexity index is 203. The Morgan fingerprint density at radius 1 is 1.47 bits per heavy atom. The minimum atomic E-state index is 0.0546. The van der Waals surface area contributed by atoms with Crippen LogP contribution in [0.15, 0.2) is 0 Å². The zero-order chi connectivity index (χ0) is 11.1. The van der Waals surface area contributed by atoms with Crippen molar-refractivity contribution in [1.82, 2.24) is 10.6 Å². The lowest BCUT2D eigenvalue weighted by Gasteiger charge is -2.13. The molecule has 0 spiro atoms. The van der Waals surface area contributed by atoms with Crippen LogP contribution >= 0.6 is 0 Å². The molecule has 0 heterocycles. The van der Waals surface area contributed by atoms with Gasteiger partial charge >= 0.3 is 0 Å². The van der Waals surface area contributed by atoms with E-state index in [1.165, 1.54) is 19.3 Å². The van der Waals surface area contributed by atoms with Crippen LogP contribution in [-0.4, -0.2) is 39.3 Å². The molecule has 4 heteroatoms. The first-order chi connectivity index (χ1) is 7.22. The molecular formula is C11H22N2O2. The predicted octanol–water partition coefficient (Wildman–Crippen LogP) is 0.529. The summed E-state index contributed by atoms with van der Waals surface area (Å²) in [5.41, 5.74) is 0.507. The van der Waals surface area contributed by atoms with E-state index in [0.717, 1.165) is 6.54 Å². The van der Waals surface area contributed by atoms with Gasteiger partial charge in [0.15, 0.2) is 0 Å². The van der Waals surface area contributed by atoms with Crippen LogP contribution in [0.3, 0.4) is 0 Å². The standard InChI is InChI=1S/C11H22N2O2/c1-3-11(4-5-11)9-12-8-10(14)13-6-7-15-2/h12H,3-9H2,1-2H3,(H,13,14). The predicted molar refractivity (Wildman–Crippen MR) is 59.7 cm³/mol. The van der Waals surface area contributed by atoms with Gasteiger partial charge in [-0.25, -0.2) is 0 Å². The zero-order valence-electron chi connectivity index (χ0n) is 9.77. The lowest BCUT2D eigenvalue weighted by molar-refractivity contribution is -0.120. The maximum atomic E-state index is 11.3. The first-order valence-corrected chi connectivity index (χ1v) is 5.69. The van der Waals surface area contributed by atoms with Crippen LogP contribution < -0.4 is 10.6 Å². The molecule has 0 aromatic heterocycles. The second-order valence-electron chi connectivity index (χ2n) is 4.30. The van der Waals surface area contributed by atoms with Crippen molar-refractivity contribution < 1.29 is 9.53 Å². The van der Waals surface area contributed by atoms with Crippen molar-refractivity contribution in [3.05, 3.63) is 0 Å². The summed E-state index contributed by atoms with van der Waals surface area (Å²) in [6.07, 6.45) is 3.83. The monoisotopic (exact) mass is 214 g/mol. The molecule has 0 aromatic carbocycles. The maximum absolute atomic E-state index is 11.3. The number of ether oxygens (including phenoxy) is 1. The summed E-state index contributed by atoms with van der Waals surface area (Å²) in [4.78, 5) is 11.3. The molecule has 0 saturated heterocycles. The first kappa shape index (κ1) is 12.5. The molecule has 0 aromatic rings. The van der Waals surface area contributed by atoms with E-state index in [0.29, 0.717) is 25.1 Å². The number of rotatable bonds is 8. The van der Waals surface area contributed by atoms with Crippen molar-refractivity contribution in [2.24, 2.45) is 5.41 Å². The molecule has 1 aliphatic rings. The third-order valence-corrected chi connectivity index (χ3v) is 3.12. The third kappa shape index (κ3) is 4.62. The van der Waals surface area contributed by atoms with Crippen molar-refractivity contribution in [2.75, 3.05) is 33.4 Å². The SMILES string of the molecule is CCC1(CNCC(=O)NCCOC)CC1. The average Bonchev–Trinajstić information content (AvgIpc) is 2.99. The number of carbonyl (C=O) groups excluding carboxylic acids is 1. The number of carbonyl (C=O) groups is 1. The van der Waals surface area contributed by atoms with Crippen LogP contribution in [0.2, 0.25) is 0 Å². The quantitative estimate of drug-likeness (QED) is 0.579. The van der Waals surface area contributed by atoms with Crippen LogP contribution in [0.1, 0.15) is 26.2 Å². The zero-order valence-corrected chi connectivity index (χ0v) is 9.77. The summed E-state index contributed by atoms with van der Waals surface area (Å²) in [6, 6.07) is 0. The molecule has 1 rings (SSSR count). The smallest absolute Gasteiger partial charge is 0.234 e. The molecule has 0 radical (unpaired) electrons. The number of hydrogen-bond donors (Lipinski definition) is 2. The Morgan fingerprint density at radius 2 is 2.20 bits per heavy atom. The Kier molecular flexibility index (Phi) is 5.05. The highest BCUT2D eigenvalue weighted by molar-refractivity contribution is 5.77. The van der Waals surface area contributed by atoms with Crippen molar-refractivity contribution >= 4 is 5.91 Å². The molecule has 15 heavy (non-hydrogen) atoms. The Hall–Kier alpha value is -0.610. The van der Waals surface area contributed by atoms with Gasteiger partial charge in [-0.1, -0.05) is 6.92 Å². The highest BCUT2D eigenvalue weighted by atomic mass is 16.5. The van der Waals surface area contributed by atoms with Gasteiger partial charge in [-0.05, 0) is 24.7 Å². The molecule has 1 saturated carbocycles. The van der Waals surface area contributed by atoms with Gasteiger partial charge in [-0.2, -0.15) is 0 Å². The summed E-state index contributed by atoms with van der Waals surface area (Å²) < 4.78 is 4.84. The molecular weight excluding hydrogens is 192 g/mol. The van der Waals surface area contributed by atoms with E-state index in [9.17, 15) is 4.79 Å². The van der Waals surface area contributed by atoms with Crippen molar-refractivity contribution in [2.45, 2.75) is 26.2 Å². The molecule has 1 aliphatic carbocycles. The summed E-state index contributed by atoms with van der Waals surface area (Å²) in [5, 5.41) is 5.99. The molecule has 1 amide bonds. The second kappa shape index (κ2) is 6.08. The maximum Gasteiger partial charge on any atom is 0.234 e. The van der Waals surface area contributed by atoms with E-state index < -0.39 is 0 Å². The van der Waals surface area contributed by atoms with Crippen molar-refractivity contribution in [3.63, 3.8) is 0 Å². The van der Waals surface area contributed by atoms with Gasteiger partial charge < -0.3 is 15.4 Å². The molecule has 1 fully saturated rings. The van der Waals surface area contributed by atoms with Crippen LogP contribution in [0.25, 0.3) is 0 Å². The van der Waals surface area contributed by atoms with Crippen LogP contribution in [0.5, 0.6) is 0 Å². The van der Waals surface area contributed by atoms with Gasteiger partial charge in [-0.15, -0.1) is 0 Å². The summed E-state index contributed by atoms with van der Waals surface area (Å²) >= 11 is 0. The largest absolute Gasteiger partial charge is 0.383 e. The van der Waals surface area contributed by atoms with Gasteiger partial charge in [0.2, 0.25) is 5.91 Å². The van der Waals surface area contributed by atoms with E-state index in [4.69, 9.17) is 4.74 Å². The normalized spacial score (nSPS) is 17.5. The van der Waals surface area contributed by atoms with Gasteiger partial charge in [0, 0.05) is 20.2 Å². The highest BCUT2D eigenvalue weighted by Gasteiger charge is 2.39. The van der Waals surface area contributed by atoms with Crippen molar-refractivity contribution in [1.29, 1.82) is 0 Å². The van der Waals surface area contributed by atoms with E-state index >= 15 is 0 Å². The van der Waals surface area contributed by atoms with Gasteiger partial charge in [0.1, 0.15) is 0 Å². The lowest BCUT2D eigenvalue weighted by atomic mass is 10.0. The molecule has 0 unspecified atom stereocenters. The van der Waals surface area contributed by atoms with Gasteiger partial charge in [-0.3, -0.25) is 4.79 Å². The number of methoxy groups -OCH3 is 1. The number of amides is 1. The average molecular weight is 214 g/mol. The van der Waals surface area contributed by atoms with Crippen LogP contribution in [0.4, 0.5) is 0 Å². The number of hydrogen-bond acceptors (Lipinski definition) is 3. The van der Waals surface area contributed by atoms with E-state index in [-0.39, 0.29) is 5.91 Å². The lowest BCUT2D eigenvalue weighted by Crippen LogP contribution is -2.37. The minimum absolute atomic E-state index is 0.0546. The van der Waals surface area contributed by atoms with Gasteiger partial charge in [0.25, 0.3) is 0 Å². The van der Waals surface area contributed by atoms with Crippen molar-refractivity contribution in [3.8, 4) is 0 Å². The molecule has 88 valence electrons. The highest BCUT2D eigenvalue weighted by Crippen LogP contribution is 2.47. The molecule has 4 nitrogen and oxygen atoms in total. The fourth-order valence-corrected chi connectivity index (χ4v) is 1.63. The van der Waals surface area contributed by atoms with Crippen LogP contribution in [-0.2, 0) is 9.53 Å². The van der Waals surface area contributed by atoms with Crippen LogP contribution in [0, 0.1) is 5.41 Å². The molecule has 0 aliphatic heterocycles. The number of nitrogens with one attached hydrogen (secondary N) is 2. The molecule has 0 bridgehead atoms. The minimum Gasteiger partial charge on any atom is -0.383 e. The molecule has 2 N–H and O–H groups in total. The van der Waals surface area contributed by atoms with E-state index in [1.807, 2.05) is 0 Å². The Labute approximate surface area is 91.8 Å². The first-order valence-electron chi connectivity index (χ1n) is 5.69. The Morgan fingerprint density at radius 3 is 2.73 bits per heavy atom. The fraction of sp³-hybridized carbons (Fsp3) is 0.909. The summed E-state index contributed by atoms with van der Waals surface area (Å²) in [6.45, 7) is 4.78. The van der Waals surface area contributed by atoms with Gasteiger partial charge in [0.05, 0.1) is 13.2 Å². The van der Waals surface area contributed by atoms with E-state index in [1.54, 1.807) is 7.11 Å². The summed E-state index contributed by atoms with van der Waals surface area (Å²) in [7, 11) is 1.63. The molecule has 0 atom stereocenters. The second-order valence-corrected chi connectivity index (χ2v) is 4.30. The summed E-state index contributed by atoms with van der Waals surface area (Å²) in [5.74, 6) is 0.0546. The Balaban J connectivity index is 1.97. The fourth-order valence-electron chi connectivity index (χ4n) is 1.63. The third-order valence-electron chi connectivity index (χ3n) is 3.12. The topological polar surface area (TPSA) is 50.4 Å². The van der Waals surface area contributed by atoms with E-state index in [2.05, 4.69) is 17.6 Å².